The molecule has 8 rings (SSSR count). The standard InChI is InChI=1S/C33H37F3N2O3/c1-20-12-25-24-7-4-3-6-21(24)13-26(25)30(38(20)33-17-32(18-33,19-33)31(39)40-2)29-27(35)14-23(15-28(29)36)41-22-8-11-37(16-22)10-5-9-34/h3-4,6-7,14-15,20,22,30H,5,8-13,16-19H2,1-2H3/t20-,22?,30+,32?,33?/m0/s1. The van der Waals surface area contributed by atoms with Crippen molar-refractivity contribution in [2.75, 3.05) is 33.4 Å². The quantitative estimate of drug-likeness (QED) is 0.366. The van der Waals surface area contributed by atoms with Crippen LogP contribution in [-0.4, -0.2) is 66.9 Å². The highest BCUT2D eigenvalue weighted by atomic mass is 19.1. The van der Waals surface area contributed by atoms with Gasteiger partial charge in [0.2, 0.25) is 0 Å². The maximum atomic E-state index is 16.2. The van der Waals surface area contributed by atoms with E-state index in [4.69, 9.17) is 9.47 Å². The fraction of sp³-hybridized carbons (Fsp3) is 0.545. The number of halogens is 3. The number of hydrogen-bond donors (Lipinski definition) is 0. The predicted molar refractivity (Wildman–Crippen MR) is 149 cm³/mol. The number of fused-ring (bicyclic) bond motifs is 2. The molecule has 1 saturated heterocycles. The van der Waals surface area contributed by atoms with Gasteiger partial charge in [-0.15, -0.1) is 0 Å². The number of ether oxygens (including phenoxy) is 2. The monoisotopic (exact) mass is 566 g/mol. The third-order valence-corrected chi connectivity index (χ3v) is 10.3. The van der Waals surface area contributed by atoms with E-state index in [1.165, 1.54) is 35.9 Å². The van der Waals surface area contributed by atoms with Crippen LogP contribution in [0.3, 0.4) is 0 Å². The van der Waals surface area contributed by atoms with Crippen molar-refractivity contribution in [3.8, 4) is 5.75 Å². The smallest absolute Gasteiger partial charge is 0.312 e. The second-order valence-corrected chi connectivity index (χ2v) is 12.9. The molecule has 3 saturated carbocycles. The van der Waals surface area contributed by atoms with Crippen molar-refractivity contribution in [1.82, 2.24) is 9.80 Å². The molecule has 4 fully saturated rings. The van der Waals surface area contributed by atoms with Crippen LogP contribution in [0.15, 0.2) is 42.0 Å². The van der Waals surface area contributed by atoms with Crippen LogP contribution in [-0.2, 0) is 16.0 Å². The molecule has 2 aromatic carbocycles. The van der Waals surface area contributed by atoms with Crippen LogP contribution in [0.25, 0.3) is 5.57 Å². The molecule has 2 aliphatic heterocycles. The summed E-state index contributed by atoms with van der Waals surface area (Å²) in [6.07, 6.45) is 4.48. The van der Waals surface area contributed by atoms with Gasteiger partial charge >= 0.3 is 5.97 Å². The van der Waals surface area contributed by atoms with Crippen LogP contribution in [0, 0.1) is 17.0 Å². The summed E-state index contributed by atoms with van der Waals surface area (Å²) in [5.41, 5.74) is 3.97. The molecule has 6 aliphatic rings. The Morgan fingerprint density at radius 1 is 1.12 bits per heavy atom. The van der Waals surface area contributed by atoms with Gasteiger partial charge in [-0.3, -0.25) is 19.0 Å². The summed E-state index contributed by atoms with van der Waals surface area (Å²) >= 11 is 0. The number of hydrogen-bond acceptors (Lipinski definition) is 5. The Balaban J connectivity index is 1.22. The van der Waals surface area contributed by atoms with Crippen molar-refractivity contribution in [1.29, 1.82) is 0 Å². The van der Waals surface area contributed by atoms with Gasteiger partial charge in [0.15, 0.2) is 0 Å². The maximum Gasteiger partial charge on any atom is 0.312 e. The van der Waals surface area contributed by atoms with E-state index in [0.717, 1.165) is 25.0 Å². The minimum absolute atomic E-state index is 0.0457. The lowest BCUT2D eigenvalue weighted by molar-refractivity contribution is -0.247. The fourth-order valence-electron chi connectivity index (χ4n) is 8.73. The van der Waals surface area contributed by atoms with Crippen LogP contribution in [0.4, 0.5) is 13.2 Å². The second-order valence-electron chi connectivity index (χ2n) is 12.9. The highest BCUT2D eigenvalue weighted by molar-refractivity contribution is 5.83. The van der Waals surface area contributed by atoms with E-state index in [9.17, 15) is 9.18 Å². The van der Waals surface area contributed by atoms with Gasteiger partial charge in [-0.2, -0.15) is 0 Å². The Morgan fingerprint density at radius 2 is 1.85 bits per heavy atom. The average molecular weight is 567 g/mol. The summed E-state index contributed by atoms with van der Waals surface area (Å²) in [5, 5.41) is 0. The van der Waals surface area contributed by atoms with Gasteiger partial charge in [0.1, 0.15) is 23.5 Å². The third kappa shape index (κ3) is 4.15. The van der Waals surface area contributed by atoms with Gasteiger partial charge in [-0.25, -0.2) is 8.78 Å². The van der Waals surface area contributed by atoms with Gasteiger partial charge in [0.05, 0.1) is 25.2 Å². The van der Waals surface area contributed by atoms with Gasteiger partial charge < -0.3 is 9.47 Å². The zero-order valence-corrected chi connectivity index (χ0v) is 23.7. The summed E-state index contributed by atoms with van der Waals surface area (Å²) in [6, 6.07) is 10.4. The molecule has 0 N–H and O–H groups in total. The highest BCUT2D eigenvalue weighted by Crippen LogP contribution is 2.73. The maximum absolute atomic E-state index is 16.2. The minimum atomic E-state index is -0.603. The molecule has 218 valence electrons. The first-order valence-electron chi connectivity index (χ1n) is 14.9. The van der Waals surface area contributed by atoms with E-state index in [2.05, 4.69) is 28.9 Å². The van der Waals surface area contributed by atoms with Crippen LogP contribution in [0.1, 0.15) is 68.2 Å². The molecular formula is C33H37F3N2O3. The first-order valence-corrected chi connectivity index (χ1v) is 14.9. The largest absolute Gasteiger partial charge is 0.489 e. The Morgan fingerprint density at radius 3 is 2.56 bits per heavy atom. The normalized spacial score (nSPS) is 32.3. The zero-order valence-electron chi connectivity index (χ0n) is 23.7. The SMILES string of the molecule is COC(=O)C12CC(N3[C@@H](c4c(F)cc(OC5CCN(CCCF)C5)cc4F)C4=C(C[C@@H]3C)c3ccccc3C4)(C1)C2. The first-order chi connectivity index (χ1) is 19.8. The first kappa shape index (κ1) is 27.0. The van der Waals surface area contributed by atoms with Crippen molar-refractivity contribution in [3.05, 3.63) is 70.3 Å². The molecular weight excluding hydrogens is 529 g/mol. The number of likely N-dealkylation sites (tertiary alicyclic amines) is 1. The van der Waals surface area contributed by atoms with Gasteiger partial charge in [0, 0.05) is 48.9 Å². The van der Waals surface area contributed by atoms with Crippen molar-refractivity contribution in [3.63, 3.8) is 0 Å². The summed E-state index contributed by atoms with van der Waals surface area (Å²) < 4.78 is 56.1. The van der Waals surface area contributed by atoms with Gasteiger partial charge in [0.25, 0.3) is 0 Å². The lowest BCUT2D eigenvalue weighted by atomic mass is 9.38. The molecule has 3 atom stereocenters. The van der Waals surface area contributed by atoms with E-state index in [1.807, 2.05) is 12.1 Å². The molecule has 0 aromatic heterocycles. The Kier molecular flexibility index (Phi) is 6.51. The minimum Gasteiger partial charge on any atom is -0.489 e. The average Bonchev–Trinajstić information content (AvgIpc) is 3.50. The molecule has 41 heavy (non-hydrogen) atoms. The van der Waals surface area contributed by atoms with Crippen molar-refractivity contribution in [2.24, 2.45) is 5.41 Å². The number of benzene rings is 2. The summed E-state index contributed by atoms with van der Waals surface area (Å²) in [6.45, 7) is 3.86. The molecule has 2 heterocycles. The van der Waals surface area contributed by atoms with E-state index in [-0.39, 0.29) is 41.6 Å². The van der Waals surface area contributed by atoms with Crippen LogP contribution in [0.5, 0.6) is 5.75 Å². The predicted octanol–water partition coefficient (Wildman–Crippen LogP) is 6.02. The van der Waals surface area contributed by atoms with Crippen LogP contribution < -0.4 is 4.74 Å². The number of methoxy groups -OCH3 is 1. The second kappa shape index (κ2) is 9.87. The number of rotatable bonds is 8. The van der Waals surface area contributed by atoms with E-state index in [1.54, 1.807) is 0 Å². The number of carbonyl (C=O) groups excluding carboxylic acids is 1. The molecule has 2 bridgehead atoms. The number of nitrogens with zero attached hydrogens (tertiary/aromatic N) is 2. The van der Waals surface area contributed by atoms with Crippen LogP contribution in [0.2, 0.25) is 0 Å². The third-order valence-electron chi connectivity index (χ3n) is 10.3. The molecule has 0 radical (unpaired) electrons. The van der Waals surface area contributed by atoms with Crippen molar-refractivity contribution < 1.29 is 27.4 Å². The number of alkyl halides is 1. The zero-order chi connectivity index (χ0) is 28.5. The lowest BCUT2D eigenvalue weighted by Gasteiger charge is -2.74. The summed E-state index contributed by atoms with van der Waals surface area (Å²) in [7, 11) is 1.43. The Bertz CT molecular complexity index is 1380. The number of carbonyl (C=O) groups is 1. The topological polar surface area (TPSA) is 42.0 Å². The Hall–Kier alpha value is -2.84. The van der Waals surface area contributed by atoms with E-state index >= 15 is 8.78 Å². The van der Waals surface area contributed by atoms with Crippen molar-refractivity contribution in [2.45, 2.75) is 75.6 Å². The highest BCUT2D eigenvalue weighted by Gasteiger charge is 2.76. The van der Waals surface area contributed by atoms with Gasteiger partial charge in [-0.1, -0.05) is 24.3 Å². The molecule has 0 spiro atoms. The van der Waals surface area contributed by atoms with E-state index < -0.39 is 23.1 Å². The van der Waals surface area contributed by atoms with Crippen LogP contribution >= 0.6 is 0 Å². The molecule has 1 unspecified atom stereocenters. The van der Waals surface area contributed by atoms with Crippen molar-refractivity contribution >= 4 is 11.5 Å². The Labute approximate surface area is 239 Å². The lowest BCUT2D eigenvalue weighted by Crippen LogP contribution is -2.78. The van der Waals surface area contributed by atoms with E-state index in [0.29, 0.717) is 45.2 Å². The summed E-state index contributed by atoms with van der Waals surface area (Å²) in [5.74, 6) is -1.19. The molecule has 5 nitrogen and oxygen atoms in total. The fourth-order valence-corrected chi connectivity index (χ4v) is 8.73. The van der Waals surface area contributed by atoms with Gasteiger partial charge in [-0.05, 0) is 74.1 Å². The summed E-state index contributed by atoms with van der Waals surface area (Å²) in [4.78, 5) is 17.0. The molecule has 2 aromatic rings. The molecule has 8 heteroatoms. The number of esters is 1. The molecule has 4 aliphatic carbocycles. The molecule has 0 amide bonds.